The van der Waals surface area contributed by atoms with E-state index in [1.165, 1.54) is 7.11 Å². The summed E-state index contributed by atoms with van der Waals surface area (Å²) < 4.78 is 43.8. The second kappa shape index (κ2) is 13.8. The number of likely N-dealkylation sites (N-methyl/N-ethyl adjacent to an activating group) is 1. The van der Waals surface area contributed by atoms with Crippen LogP contribution in [0, 0.1) is 25.2 Å². The summed E-state index contributed by atoms with van der Waals surface area (Å²) in [5.74, 6) is 3.51. The van der Waals surface area contributed by atoms with E-state index in [1.807, 2.05) is 27.7 Å². The number of aromatic hydroxyl groups is 1. The van der Waals surface area contributed by atoms with Gasteiger partial charge in [-0.2, -0.15) is 5.26 Å². The van der Waals surface area contributed by atoms with Gasteiger partial charge in [0, 0.05) is 46.6 Å². The Morgan fingerprint density at radius 2 is 1.77 bits per heavy atom. The maximum atomic E-state index is 14.8. The number of hydrogen-bond donors (Lipinski definition) is 2. The van der Waals surface area contributed by atoms with E-state index < -0.39 is 23.6 Å². The first-order valence-electron chi connectivity index (χ1n) is 19.4. The number of benzene rings is 3. The second-order valence-electron chi connectivity index (χ2n) is 15.3. The van der Waals surface area contributed by atoms with E-state index in [0.717, 1.165) is 50.4 Å². The number of fused-ring (bicyclic) bond motifs is 9. The molecule has 1 spiro atoms. The third-order valence-electron chi connectivity index (χ3n) is 12.7. The van der Waals surface area contributed by atoms with Gasteiger partial charge in [-0.1, -0.05) is 6.07 Å². The van der Waals surface area contributed by atoms with Gasteiger partial charge >= 0.3 is 5.97 Å². The third kappa shape index (κ3) is 5.06. The maximum absolute atomic E-state index is 14.8. The molecule has 3 aromatic rings. The van der Waals surface area contributed by atoms with Crippen molar-refractivity contribution < 1.29 is 43.1 Å². The van der Waals surface area contributed by atoms with Crippen molar-refractivity contribution in [2.45, 2.75) is 81.5 Å². The number of piperazine rings is 1. The van der Waals surface area contributed by atoms with Crippen molar-refractivity contribution in [3.63, 3.8) is 0 Å². The number of ether oxygens (including phenoxy) is 7. The molecule has 1 unspecified atom stereocenters. The summed E-state index contributed by atoms with van der Waals surface area (Å²) in [5.41, 5.74) is 6.12. The molecule has 7 heterocycles. The summed E-state index contributed by atoms with van der Waals surface area (Å²) in [7, 11) is 5.30. The Morgan fingerprint density at radius 3 is 2.50 bits per heavy atom. The lowest BCUT2D eigenvalue weighted by Gasteiger charge is -2.62. The van der Waals surface area contributed by atoms with Crippen LogP contribution in [0.3, 0.4) is 0 Å². The van der Waals surface area contributed by atoms with Crippen LogP contribution in [0.1, 0.15) is 75.7 Å². The van der Waals surface area contributed by atoms with Crippen molar-refractivity contribution >= 4 is 17.7 Å². The zero-order chi connectivity index (χ0) is 39.2. The van der Waals surface area contributed by atoms with Crippen LogP contribution in [0.4, 0.5) is 0 Å². The first kappa shape index (κ1) is 37.1. The lowest BCUT2D eigenvalue weighted by atomic mass is 9.71. The summed E-state index contributed by atoms with van der Waals surface area (Å²) in [5, 5.41) is 25.3. The molecule has 2 fully saturated rings. The Labute approximate surface area is 331 Å². The van der Waals surface area contributed by atoms with Gasteiger partial charge in [0.2, 0.25) is 6.79 Å². The predicted molar refractivity (Wildman–Crippen MR) is 207 cm³/mol. The predicted octanol–water partition coefficient (Wildman–Crippen LogP) is 5.15. The number of phenolic OH excluding ortho intramolecular Hbond substituents is 1. The maximum Gasteiger partial charge on any atom is 0.331 e. The van der Waals surface area contributed by atoms with Crippen LogP contribution in [-0.2, 0) is 27.9 Å². The van der Waals surface area contributed by atoms with Crippen LogP contribution in [0.2, 0.25) is 0 Å². The van der Waals surface area contributed by atoms with Gasteiger partial charge in [0.1, 0.15) is 18.4 Å². The summed E-state index contributed by atoms with van der Waals surface area (Å²) >= 11 is 1.64. The SMILES string of the molecule is CCOc1c(C)c2c(c3c1[C@H]1SC[C@]4(NCCc5cc(O)c(OC)cc54)C(=O)OC[C@@H]3N3C1[C@@H]1c4c(cc(C)c(OC)c4OCC)C[C@@H]([C@@H]3C#N)N1C)OCO2. The largest absolute Gasteiger partial charge is 0.504 e. The standard InChI is InChI=1S/C42H48N4O9S/c1-8-51-36-21(4)37-39(55-19-54-37)31-27-17-53-41(48)42(24-15-29(49-6)28(47)14-22(24)10-11-44-42)18-56-40(32(31)36)34-33-30-23(12-20(3)35(50-7)38(30)52-9-2)13-25(45(33)5)26(16-43)46(27)34/h12,14-15,25-27,33-34,40,44,47H,8-11,13,17-19H2,1-7H3/t25-,26-,27-,33-,34?,40+,42+/m0/s1. The Balaban J connectivity index is 1.33. The fraction of sp³-hybridized carbons (Fsp3) is 0.524. The lowest BCUT2D eigenvalue weighted by Crippen LogP contribution is -2.69. The number of thioether (sulfide) groups is 1. The second-order valence-corrected chi connectivity index (χ2v) is 16.5. The van der Waals surface area contributed by atoms with E-state index in [-0.39, 0.29) is 54.0 Å². The average molecular weight is 785 g/mol. The van der Waals surface area contributed by atoms with Crippen LogP contribution in [0.5, 0.6) is 40.2 Å². The number of aryl methyl sites for hydroxylation is 1. The van der Waals surface area contributed by atoms with Crippen LogP contribution in [0.25, 0.3) is 0 Å². The highest BCUT2D eigenvalue weighted by Crippen LogP contribution is 2.64. The molecule has 3 aromatic carbocycles. The highest BCUT2D eigenvalue weighted by molar-refractivity contribution is 7.99. The normalized spacial score (nSPS) is 28.6. The smallest absolute Gasteiger partial charge is 0.331 e. The number of rotatable bonds is 6. The topological polar surface area (TPSA) is 144 Å². The van der Waals surface area contributed by atoms with Crippen LogP contribution in [-0.4, -0.2) is 99.2 Å². The molecular weight excluding hydrogens is 737 g/mol. The molecule has 7 atom stereocenters. The monoisotopic (exact) mass is 784 g/mol. The first-order valence-corrected chi connectivity index (χ1v) is 20.4. The molecule has 14 heteroatoms. The fourth-order valence-electron chi connectivity index (χ4n) is 10.5. The minimum atomic E-state index is -1.27. The number of esters is 1. The van der Waals surface area contributed by atoms with Crippen LogP contribution >= 0.6 is 11.8 Å². The van der Waals surface area contributed by atoms with E-state index in [1.54, 1.807) is 31.0 Å². The third-order valence-corrected chi connectivity index (χ3v) is 14.2. The molecule has 2 saturated heterocycles. The average Bonchev–Trinajstić information content (AvgIpc) is 3.68. The van der Waals surface area contributed by atoms with Crippen molar-refractivity contribution in [1.82, 2.24) is 15.1 Å². The van der Waals surface area contributed by atoms with E-state index >= 15 is 0 Å². The fourth-order valence-corrected chi connectivity index (χ4v) is 12.2. The highest BCUT2D eigenvalue weighted by Gasteiger charge is 2.62. The minimum Gasteiger partial charge on any atom is -0.504 e. The molecule has 0 amide bonds. The molecule has 7 aliphatic heterocycles. The molecule has 0 aliphatic carbocycles. The molecule has 0 saturated carbocycles. The number of nitriles is 1. The number of nitrogens with one attached hydrogen (secondary N) is 1. The summed E-state index contributed by atoms with van der Waals surface area (Å²) in [6.07, 6.45) is 1.24. The molecule has 10 rings (SSSR count). The zero-order valence-corrected chi connectivity index (χ0v) is 33.6. The van der Waals surface area contributed by atoms with E-state index in [2.05, 4.69) is 34.3 Å². The molecule has 13 nitrogen and oxygen atoms in total. The minimum absolute atomic E-state index is 0.0230. The first-order chi connectivity index (χ1) is 27.1. The molecule has 2 N–H and O–H groups in total. The summed E-state index contributed by atoms with van der Waals surface area (Å²) in [4.78, 5) is 19.5. The van der Waals surface area contributed by atoms with Gasteiger partial charge in [-0.25, -0.2) is 4.79 Å². The van der Waals surface area contributed by atoms with Gasteiger partial charge in [-0.05, 0) is 82.0 Å². The van der Waals surface area contributed by atoms with E-state index in [0.29, 0.717) is 55.4 Å². The molecule has 0 radical (unpaired) electrons. The molecular formula is C42H48N4O9S. The molecule has 4 bridgehead atoms. The van der Waals surface area contributed by atoms with Crippen molar-refractivity contribution in [3.05, 3.63) is 62.7 Å². The Bertz CT molecular complexity index is 2170. The van der Waals surface area contributed by atoms with Gasteiger partial charge in [0.25, 0.3) is 0 Å². The van der Waals surface area contributed by atoms with Gasteiger partial charge in [-0.3, -0.25) is 15.1 Å². The molecule has 56 heavy (non-hydrogen) atoms. The summed E-state index contributed by atoms with van der Waals surface area (Å²) in [6.45, 7) is 9.37. The van der Waals surface area contributed by atoms with Gasteiger partial charge < -0.3 is 38.3 Å². The molecule has 296 valence electrons. The van der Waals surface area contributed by atoms with Gasteiger partial charge in [0.15, 0.2) is 40.0 Å². The van der Waals surface area contributed by atoms with E-state index in [4.69, 9.17) is 33.2 Å². The Morgan fingerprint density at radius 1 is 1.00 bits per heavy atom. The van der Waals surface area contributed by atoms with Crippen molar-refractivity contribution in [3.8, 4) is 46.3 Å². The van der Waals surface area contributed by atoms with Gasteiger partial charge in [0.05, 0.1) is 50.8 Å². The lowest BCUT2D eigenvalue weighted by molar-refractivity contribution is -0.157. The number of carbonyl (C=O) groups is 1. The van der Waals surface area contributed by atoms with Gasteiger partial charge in [-0.15, -0.1) is 11.8 Å². The number of hydrogen-bond acceptors (Lipinski definition) is 14. The summed E-state index contributed by atoms with van der Waals surface area (Å²) in [6, 6.07) is 6.47. The Kier molecular flexibility index (Phi) is 9.15. The highest BCUT2D eigenvalue weighted by atomic mass is 32.2. The van der Waals surface area contributed by atoms with Crippen molar-refractivity contribution in [2.24, 2.45) is 0 Å². The number of nitrogens with zero attached hydrogens (tertiary/aromatic N) is 3. The van der Waals surface area contributed by atoms with Crippen LogP contribution in [0.15, 0.2) is 18.2 Å². The van der Waals surface area contributed by atoms with Crippen molar-refractivity contribution in [1.29, 1.82) is 5.26 Å². The quantitative estimate of drug-likeness (QED) is 0.318. The number of carbonyl (C=O) groups excluding carboxylic acids is 1. The van der Waals surface area contributed by atoms with E-state index in [9.17, 15) is 15.2 Å². The molecule has 7 aliphatic rings. The zero-order valence-electron chi connectivity index (χ0n) is 32.8. The number of phenols is 1. The van der Waals surface area contributed by atoms with Crippen LogP contribution < -0.4 is 33.7 Å². The number of methoxy groups -OCH3 is 2. The molecule has 0 aromatic heterocycles. The Hall–Kier alpha value is -4.55. The van der Waals surface area contributed by atoms with Crippen molar-refractivity contribution in [2.75, 3.05) is 60.2 Å².